The lowest BCUT2D eigenvalue weighted by Gasteiger charge is -2.33. The highest BCUT2D eigenvalue weighted by molar-refractivity contribution is 5.96. The van der Waals surface area contributed by atoms with Gasteiger partial charge in [0.1, 0.15) is 5.75 Å². The highest BCUT2D eigenvalue weighted by Crippen LogP contribution is 2.22. The molecule has 1 aromatic carbocycles. The maximum Gasteiger partial charge on any atom is 0.317 e. The first-order valence-electron chi connectivity index (χ1n) is 7.07. The largest absolute Gasteiger partial charge is 0.507 e. The fourth-order valence-electron chi connectivity index (χ4n) is 2.62. The number of likely N-dealkylation sites (tertiary alicyclic amines) is 1. The molecule has 114 valence electrons. The van der Waals surface area contributed by atoms with Crippen LogP contribution in [0.3, 0.4) is 0 Å². The van der Waals surface area contributed by atoms with Crippen LogP contribution >= 0.6 is 0 Å². The van der Waals surface area contributed by atoms with Gasteiger partial charge in [-0.25, -0.2) is 0 Å². The Morgan fingerprint density at radius 3 is 2.81 bits per heavy atom. The quantitative estimate of drug-likeness (QED) is 0.751. The van der Waals surface area contributed by atoms with Crippen molar-refractivity contribution in [3.63, 3.8) is 0 Å². The number of hydrogen-bond donors (Lipinski definition) is 3. The number of amides is 1. The number of carboxylic acids is 1. The zero-order valence-electron chi connectivity index (χ0n) is 11.8. The minimum absolute atomic E-state index is 0.00590. The lowest BCUT2D eigenvalue weighted by Crippen LogP contribution is -2.43. The molecule has 0 radical (unpaired) electrons. The zero-order chi connectivity index (χ0) is 15.2. The van der Waals surface area contributed by atoms with Gasteiger partial charge in [-0.3, -0.25) is 9.59 Å². The maximum atomic E-state index is 12.4. The highest BCUT2D eigenvalue weighted by Gasteiger charge is 2.25. The van der Waals surface area contributed by atoms with E-state index in [1.54, 1.807) is 23.1 Å². The Balaban J connectivity index is 1.93. The van der Waals surface area contributed by atoms with Crippen LogP contribution in [0, 0.1) is 5.92 Å². The van der Waals surface area contributed by atoms with Gasteiger partial charge >= 0.3 is 5.97 Å². The molecule has 1 saturated heterocycles. The van der Waals surface area contributed by atoms with E-state index >= 15 is 0 Å². The van der Waals surface area contributed by atoms with Crippen molar-refractivity contribution in [2.75, 3.05) is 26.2 Å². The molecule has 0 aromatic heterocycles. The number of piperidine rings is 1. The van der Waals surface area contributed by atoms with Crippen LogP contribution in [0.5, 0.6) is 5.75 Å². The van der Waals surface area contributed by atoms with Crippen molar-refractivity contribution in [2.45, 2.75) is 12.8 Å². The Morgan fingerprint density at radius 1 is 1.33 bits per heavy atom. The van der Waals surface area contributed by atoms with Crippen LogP contribution in [0.2, 0.25) is 0 Å². The number of nitrogens with zero attached hydrogens (tertiary/aromatic N) is 1. The molecule has 1 aliphatic rings. The van der Waals surface area contributed by atoms with E-state index in [1.807, 2.05) is 0 Å². The maximum absolute atomic E-state index is 12.4. The van der Waals surface area contributed by atoms with Crippen molar-refractivity contribution in [3.8, 4) is 5.75 Å². The Bertz CT molecular complexity index is 518. The van der Waals surface area contributed by atoms with E-state index in [2.05, 4.69) is 5.32 Å². The van der Waals surface area contributed by atoms with Gasteiger partial charge in [0.15, 0.2) is 0 Å². The zero-order valence-corrected chi connectivity index (χ0v) is 11.8. The van der Waals surface area contributed by atoms with Gasteiger partial charge in [-0.05, 0) is 30.9 Å². The van der Waals surface area contributed by atoms with E-state index in [4.69, 9.17) is 5.11 Å². The number of aromatic hydroxyl groups is 1. The summed E-state index contributed by atoms with van der Waals surface area (Å²) in [6.07, 6.45) is 1.86. The first kappa shape index (κ1) is 15.3. The molecule has 0 spiro atoms. The molecule has 0 aliphatic carbocycles. The fraction of sp³-hybridized carbons (Fsp3) is 0.467. The van der Waals surface area contributed by atoms with Crippen molar-refractivity contribution in [1.82, 2.24) is 10.2 Å². The third kappa shape index (κ3) is 4.19. The molecule has 1 heterocycles. The van der Waals surface area contributed by atoms with Crippen molar-refractivity contribution in [3.05, 3.63) is 29.8 Å². The number of rotatable bonds is 5. The molecule has 1 aromatic rings. The SMILES string of the molecule is O=C(O)CNCC1CCCN(C(=O)c2ccccc2O)C1. The lowest BCUT2D eigenvalue weighted by atomic mass is 9.97. The standard InChI is InChI=1S/C15H20N2O4/c18-13-6-2-1-5-12(13)15(21)17-7-3-4-11(10-17)8-16-9-14(19)20/h1-2,5-6,11,16,18H,3-4,7-10H2,(H,19,20). The number of hydrogen-bond acceptors (Lipinski definition) is 4. The number of phenolic OH excluding ortho intramolecular Hbond substituents is 1. The molecule has 0 saturated carbocycles. The topological polar surface area (TPSA) is 89.9 Å². The van der Waals surface area contributed by atoms with Crippen LogP contribution in [0.4, 0.5) is 0 Å². The summed E-state index contributed by atoms with van der Waals surface area (Å²) in [6.45, 7) is 1.77. The van der Waals surface area contributed by atoms with Gasteiger partial charge in [0, 0.05) is 19.6 Å². The van der Waals surface area contributed by atoms with Gasteiger partial charge < -0.3 is 20.4 Å². The molecule has 0 bridgehead atoms. The number of aliphatic carboxylic acids is 1. The molecule has 1 amide bonds. The number of carboxylic acid groups (broad SMARTS) is 1. The summed E-state index contributed by atoms with van der Waals surface area (Å²) in [5.41, 5.74) is 0.316. The lowest BCUT2D eigenvalue weighted by molar-refractivity contribution is -0.136. The van der Waals surface area contributed by atoms with E-state index in [1.165, 1.54) is 6.07 Å². The molecule has 6 nitrogen and oxygen atoms in total. The van der Waals surface area contributed by atoms with Crippen molar-refractivity contribution < 1.29 is 19.8 Å². The Kier molecular flexibility index (Phi) is 5.16. The number of nitrogens with one attached hydrogen (secondary N) is 1. The number of phenols is 1. The van der Waals surface area contributed by atoms with E-state index in [-0.39, 0.29) is 24.1 Å². The molecule has 6 heteroatoms. The second-order valence-corrected chi connectivity index (χ2v) is 5.30. The molecular weight excluding hydrogens is 272 g/mol. The number of carbonyl (C=O) groups is 2. The van der Waals surface area contributed by atoms with Gasteiger partial charge in [-0.1, -0.05) is 12.1 Å². The average Bonchev–Trinajstić information content (AvgIpc) is 2.47. The number of para-hydroxylation sites is 1. The fourth-order valence-corrected chi connectivity index (χ4v) is 2.62. The molecule has 1 unspecified atom stereocenters. The van der Waals surface area contributed by atoms with E-state index in [9.17, 15) is 14.7 Å². The van der Waals surface area contributed by atoms with Crippen molar-refractivity contribution >= 4 is 11.9 Å². The minimum Gasteiger partial charge on any atom is -0.507 e. The monoisotopic (exact) mass is 292 g/mol. The third-order valence-corrected chi connectivity index (χ3v) is 3.65. The average molecular weight is 292 g/mol. The number of carbonyl (C=O) groups excluding carboxylic acids is 1. The molecule has 1 aliphatic heterocycles. The minimum atomic E-state index is -0.882. The smallest absolute Gasteiger partial charge is 0.317 e. The molecule has 21 heavy (non-hydrogen) atoms. The summed E-state index contributed by atoms with van der Waals surface area (Å²) < 4.78 is 0. The highest BCUT2D eigenvalue weighted by atomic mass is 16.4. The van der Waals surface area contributed by atoms with E-state index in [0.29, 0.717) is 25.2 Å². The van der Waals surface area contributed by atoms with Crippen LogP contribution in [0.25, 0.3) is 0 Å². The molecule has 3 N–H and O–H groups in total. The summed E-state index contributed by atoms with van der Waals surface area (Å²) in [7, 11) is 0. The van der Waals surface area contributed by atoms with Crippen LogP contribution in [-0.4, -0.2) is 53.2 Å². The van der Waals surface area contributed by atoms with Crippen LogP contribution in [0.15, 0.2) is 24.3 Å². The predicted molar refractivity (Wildman–Crippen MR) is 77.2 cm³/mol. The van der Waals surface area contributed by atoms with Gasteiger partial charge in [-0.15, -0.1) is 0 Å². The first-order valence-corrected chi connectivity index (χ1v) is 7.07. The van der Waals surface area contributed by atoms with Crippen LogP contribution in [0.1, 0.15) is 23.2 Å². The van der Waals surface area contributed by atoms with Crippen molar-refractivity contribution in [2.24, 2.45) is 5.92 Å². The second-order valence-electron chi connectivity index (χ2n) is 5.30. The third-order valence-electron chi connectivity index (χ3n) is 3.65. The van der Waals surface area contributed by atoms with Crippen LogP contribution < -0.4 is 5.32 Å². The van der Waals surface area contributed by atoms with Crippen molar-refractivity contribution in [1.29, 1.82) is 0 Å². The van der Waals surface area contributed by atoms with Gasteiger partial charge in [0.05, 0.1) is 12.1 Å². The van der Waals surface area contributed by atoms with Crippen LogP contribution in [-0.2, 0) is 4.79 Å². The van der Waals surface area contributed by atoms with E-state index < -0.39 is 5.97 Å². The molecule has 1 fully saturated rings. The normalized spacial score (nSPS) is 18.5. The molecule has 2 rings (SSSR count). The van der Waals surface area contributed by atoms with E-state index in [0.717, 1.165) is 12.8 Å². The summed E-state index contributed by atoms with van der Waals surface area (Å²) in [5, 5.41) is 21.2. The Labute approximate surface area is 123 Å². The summed E-state index contributed by atoms with van der Waals surface area (Å²) >= 11 is 0. The summed E-state index contributed by atoms with van der Waals surface area (Å²) in [6, 6.07) is 6.52. The summed E-state index contributed by atoms with van der Waals surface area (Å²) in [5.74, 6) is -0.814. The Morgan fingerprint density at radius 2 is 2.10 bits per heavy atom. The van der Waals surface area contributed by atoms with Gasteiger partial charge in [0.25, 0.3) is 5.91 Å². The number of benzene rings is 1. The predicted octanol–water partition coefficient (Wildman–Crippen LogP) is 0.919. The Hall–Kier alpha value is -2.08. The summed E-state index contributed by atoms with van der Waals surface area (Å²) in [4.78, 5) is 24.6. The van der Waals surface area contributed by atoms with Gasteiger partial charge in [-0.2, -0.15) is 0 Å². The molecular formula is C15H20N2O4. The molecule has 1 atom stereocenters. The second kappa shape index (κ2) is 7.08. The van der Waals surface area contributed by atoms with Gasteiger partial charge in [0.2, 0.25) is 0 Å². The first-order chi connectivity index (χ1) is 10.1.